The number of hydrogen-bond acceptors (Lipinski definition) is 8. The van der Waals surface area contributed by atoms with E-state index in [4.69, 9.17) is 25.0 Å². The monoisotopic (exact) mass is 375 g/mol. The minimum Gasteiger partial charge on any atom is -0.494 e. The number of nitrogens with zero attached hydrogens (tertiary/aromatic N) is 2. The van der Waals surface area contributed by atoms with Crippen LogP contribution in [0.5, 0.6) is 5.75 Å². The predicted octanol–water partition coefficient (Wildman–Crippen LogP) is 3.91. The fourth-order valence-electron chi connectivity index (χ4n) is 3.43. The second kappa shape index (κ2) is 6.05. The van der Waals surface area contributed by atoms with Crippen LogP contribution in [-0.4, -0.2) is 17.1 Å². The van der Waals surface area contributed by atoms with Crippen molar-refractivity contribution in [3.63, 3.8) is 0 Å². The number of para-hydroxylation sites is 1. The Hall–Kier alpha value is -3.94. The van der Waals surface area contributed by atoms with Gasteiger partial charge in [0.1, 0.15) is 22.7 Å². The first-order chi connectivity index (χ1) is 13.6. The summed E-state index contributed by atoms with van der Waals surface area (Å²) in [5.41, 5.74) is 15.2. The van der Waals surface area contributed by atoms with E-state index in [1.807, 2.05) is 36.4 Å². The highest BCUT2D eigenvalue weighted by Crippen LogP contribution is 2.37. The number of nitrogens with one attached hydrogen (secondary N) is 1. The zero-order chi connectivity index (χ0) is 19.3. The number of anilines is 3. The molecule has 3 heterocycles. The van der Waals surface area contributed by atoms with E-state index in [0.29, 0.717) is 23.4 Å². The van der Waals surface area contributed by atoms with E-state index >= 15 is 0 Å². The molecule has 0 radical (unpaired) electrons. The average Bonchev–Trinajstić information content (AvgIpc) is 3.26. The summed E-state index contributed by atoms with van der Waals surface area (Å²) in [4.78, 5) is 8.08. The van der Waals surface area contributed by atoms with Gasteiger partial charge in [0.25, 0.3) is 0 Å². The van der Waals surface area contributed by atoms with Gasteiger partial charge >= 0.3 is 0 Å². The molecule has 140 valence electrons. The SMILES string of the molecule is COc1cc2oc3ccccc3c2cc1NCc1coc2nc(N)nc(N)c12. The van der Waals surface area contributed by atoms with Gasteiger partial charge in [0.15, 0.2) is 0 Å². The molecule has 5 rings (SSSR count). The number of benzene rings is 2. The van der Waals surface area contributed by atoms with Crippen molar-refractivity contribution < 1.29 is 13.6 Å². The lowest BCUT2D eigenvalue weighted by atomic mass is 10.1. The zero-order valence-electron chi connectivity index (χ0n) is 15.0. The lowest BCUT2D eigenvalue weighted by Crippen LogP contribution is -2.03. The molecule has 8 heteroatoms. The van der Waals surface area contributed by atoms with Crippen LogP contribution in [0.1, 0.15) is 5.56 Å². The van der Waals surface area contributed by atoms with E-state index in [9.17, 15) is 0 Å². The number of nitrogen functional groups attached to an aromatic ring is 2. The Kier molecular flexibility index (Phi) is 3.51. The van der Waals surface area contributed by atoms with E-state index in [2.05, 4.69) is 15.3 Å². The van der Waals surface area contributed by atoms with E-state index in [1.165, 1.54) is 0 Å². The Bertz CT molecular complexity index is 1340. The van der Waals surface area contributed by atoms with Crippen LogP contribution in [0.25, 0.3) is 33.0 Å². The highest BCUT2D eigenvalue weighted by Gasteiger charge is 2.15. The molecule has 5 N–H and O–H groups in total. The third-order valence-electron chi connectivity index (χ3n) is 4.72. The summed E-state index contributed by atoms with van der Waals surface area (Å²) < 4.78 is 16.9. The molecule has 0 spiro atoms. The van der Waals surface area contributed by atoms with Crippen LogP contribution in [-0.2, 0) is 6.54 Å². The molecule has 0 atom stereocenters. The second-order valence-corrected chi connectivity index (χ2v) is 6.41. The van der Waals surface area contributed by atoms with Crippen LogP contribution in [0.15, 0.2) is 51.5 Å². The Morgan fingerprint density at radius 2 is 1.93 bits per heavy atom. The first kappa shape index (κ1) is 16.2. The smallest absolute Gasteiger partial charge is 0.233 e. The van der Waals surface area contributed by atoms with Crippen LogP contribution in [0.3, 0.4) is 0 Å². The number of ether oxygens (including phenoxy) is 1. The third kappa shape index (κ3) is 2.46. The standard InChI is InChI=1S/C20H17N5O3/c1-26-16-7-15-12(11-4-2-3-5-14(11)28-15)6-13(16)23-8-10-9-27-19-17(10)18(21)24-20(22)25-19/h2-7,9,23H,8H2,1H3,(H4,21,22,24,25). The number of hydrogen-bond donors (Lipinski definition) is 3. The molecule has 0 saturated carbocycles. The number of furan rings is 2. The molecule has 0 aliphatic heterocycles. The van der Waals surface area contributed by atoms with E-state index in [-0.39, 0.29) is 11.8 Å². The summed E-state index contributed by atoms with van der Waals surface area (Å²) >= 11 is 0. The average molecular weight is 375 g/mol. The van der Waals surface area contributed by atoms with Crippen LogP contribution in [0, 0.1) is 0 Å². The Morgan fingerprint density at radius 3 is 2.79 bits per heavy atom. The molecule has 5 aromatic rings. The van der Waals surface area contributed by atoms with Gasteiger partial charge in [0, 0.05) is 28.9 Å². The first-order valence-corrected chi connectivity index (χ1v) is 8.66. The van der Waals surface area contributed by atoms with Gasteiger partial charge in [-0.05, 0) is 12.1 Å². The van der Waals surface area contributed by atoms with Crippen LogP contribution >= 0.6 is 0 Å². The number of fused-ring (bicyclic) bond motifs is 4. The fraction of sp³-hybridized carbons (Fsp3) is 0.100. The maximum absolute atomic E-state index is 5.99. The quantitative estimate of drug-likeness (QED) is 0.432. The topological polar surface area (TPSA) is 125 Å². The summed E-state index contributed by atoms with van der Waals surface area (Å²) in [6.45, 7) is 0.447. The van der Waals surface area contributed by atoms with E-state index < -0.39 is 0 Å². The molecule has 8 nitrogen and oxygen atoms in total. The largest absolute Gasteiger partial charge is 0.494 e. The van der Waals surface area contributed by atoms with Crippen molar-refractivity contribution >= 4 is 50.5 Å². The van der Waals surface area contributed by atoms with Crippen molar-refractivity contribution in [3.8, 4) is 5.75 Å². The highest BCUT2D eigenvalue weighted by molar-refractivity contribution is 6.06. The van der Waals surface area contributed by atoms with Crippen molar-refractivity contribution in [2.45, 2.75) is 6.54 Å². The van der Waals surface area contributed by atoms with E-state index in [1.54, 1.807) is 13.4 Å². The van der Waals surface area contributed by atoms with Crippen LogP contribution in [0.2, 0.25) is 0 Å². The van der Waals surface area contributed by atoms with Gasteiger partial charge in [-0.1, -0.05) is 18.2 Å². The van der Waals surface area contributed by atoms with Gasteiger partial charge in [-0.3, -0.25) is 0 Å². The maximum atomic E-state index is 5.99. The summed E-state index contributed by atoms with van der Waals surface area (Å²) in [6, 6.07) is 11.8. The maximum Gasteiger partial charge on any atom is 0.233 e. The fourth-order valence-corrected chi connectivity index (χ4v) is 3.43. The number of nitrogens with two attached hydrogens (primary N) is 2. The molecule has 0 aliphatic rings. The van der Waals surface area contributed by atoms with Crippen molar-refractivity contribution in [2.24, 2.45) is 0 Å². The summed E-state index contributed by atoms with van der Waals surface area (Å²) in [7, 11) is 1.62. The third-order valence-corrected chi connectivity index (χ3v) is 4.72. The molecule has 0 unspecified atom stereocenters. The Morgan fingerprint density at radius 1 is 1.07 bits per heavy atom. The number of aromatic nitrogens is 2. The van der Waals surface area contributed by atoms with Gasteiger partial charge in [0.2, 0.25) is 11.7 Å². The molecular formula is C20H17N5O3. The Labute approximate surface area is 159 Å². The molecule has 0 saturated heterocycles. The number of rotatable bonds is 4. The molecule has 0 fully saturated rings. The lowest BCUT2D eigenvalue weighted by molar-refractivity contribution is 0.416. The predicted molar refractivity (Wildman–Crippen MR) is 108 cm³/mol. The molecule has 0 aliphatic carbocycles. The summed E-state index contributed by atoms with van der Waals surface area (Å²) in [5, 5.41) is 6.08. The van der Waals surface area contributed by atoms with Crippen molar-refractivity contribution in [1.82, 2.24) is 9.97 Å². The van der Waals surface area contributed by atoms with Crippen molar-refractivity contribution in [3.05, 3.63) is 48.2 Å². The van der Waals surface area contributed by atoms with Crippen molar-refractivity contribution in [2.75, 3.05) is 23.9 Å². The second-order valence-electron chi connectivity index (χ2n) is 6.41. The minimum atomic E-state index is 0.0813. The van der Waals surface area contributed by atoms with Crippen LogP contribution in [0.4, 0.5) is 17.5 Å². The Balaban J connectivity index is 1.55. The number of methoxy groups -OCH3 is 1. The van der Waals surface area contributed by atoms with Gasteiger partial charge in [-0.25, -0.2) is 0 Å². The van der Waals surface area contributed by atoms with Gasteiger partial charge in [0.05, 0.1) is 24.4 Å². The van der Waals surface area contributed by atoms with Crippen molar-refractivity contribution in [1.29, 1.82) is 0 Å². The molecule has 0 amide bonds. The minimum absolute atomic E-state index is 0.0813. The first-order valence-electron chi connectivity index (χ1n) is 8.66. The highest BCUT2D eigenvalue weighted by atomic mass is 16.5. The van der Waals surface area contributed by atoms with Gasteiger partial charge in [-0.15, -0.1) is 0 Å². The van der Waals surface area contributed by atoms with Crippen LogP contribution < -0.4 is 21.5 Å². The molecule has 28 heavy (non-hydrogen) atoms. The molecular weight excluding hydrogens is 358 g/mol. The normalized spacial score (nSPS) is 11.5. The van der Waals surface area contributed by atoms with Gasteiger partial charge in [-0.2, -0.15) is 9.97 Å². The summed E-state index contributed by atoms with van der Waals surface area (Å²) in [6.07, 6.45) is 1.60. The molecule has 2 aromatic carbocycles. The lowest BCUT2D eigenvalue weighted by Gasteiger charge is -2.11. The molecule has 3 aromatic heterocycles. The van der Waals surface area contributed by atoms with Gasteiger partial charge < -0.3 is 30.4 Å². The van der Waals surface area contributed by atoms with E-state index in [0.717, 1.165) is 33.2 Å². The molecule has 0 bridgehead atoms. The zero-order valence-corrected chi connectivity index (χ0v) is 15.0. The summed E-state index contributed by atoms with van der Waals surface area (Å²) in [5.74, 6) is 1.04.